The Labute approximate surface area is 146 Å². The summed E-state index contributed by atoms with van der Waals surface area (Å²) in [6.07, 6.45) is 2.52. The topological polar surface area (TPSA) is 22.0 Å². The Morgan fingerprint density at radius 1 is 1.04 bits per heavy atom. The van der Waals surface area contributed by atoms with Gasteiger partial charge in [0.15, 0.2) is 5.78 Å². The van der Waals surface area contributed by atoms with Crippen LogP contribution < -0.4 is 5.30 Å². The number of fused-ring (bicyclic) bond motifs is 1. The number of carbonyl (C=O) groups is 1. The minimum atomic E-state index is 0.233. The molecule has 0 amide bonds. The molecule has 0 aliphatic rings. The molecule has 0 saturated heterocycles. The lowest BCUT2D eigenvalue weighted by atomic mass is 10.0. The predicted molar refractivity (Wildman–Crippen MR) is 105 cm³/mol. The van der Waals surface area contributed by atoms with Crippen molar-refractivity contribution in [3.05, 3.63) is 65.4 Å². The van der Waals surface area contributed by atoms with Crippen LogP contribution in [0.1, 0.15) is 48.3 Å². The van der Waals surface area contributed by atoms with Gasteiger partial charge in [-0.05, 0) is 29.8 Å². The van der Waals surface area contributed by atoms with Crippen LogP contribution >= 0.6 is 9.24 Å². The van der Waals surface area contributed by atoms with E-state index in [0.717, 1.165) is 24.9 Å². The number of ketones is 1. The highest BCUT2D eigenvalue weighted by Crippen LogP contribution is 2.22. The third kappa shape index (κ3) is 3.16. The average Bonchev–Trinajstić information content (AvgIpc) is 2.88. The van der Waals surface area contributed by atoms with Crippen LogP contribution in [0.25, 0.3) is 10.9 Å². The van der Waals surface area contributed by atoms with Gasteiger partial charge in [-0.25, -0.2) is 0 Å². The number of benzene rings is 2. The number of Topliss-reactive ketones (excluding diaryl/α,β-unsaturated/α-hetero) is 1. The standard InChI is InChI=1S/C21H24NOP/c1-3-7-20(23)16-12-10-15(11-13-16)14-22-18(4-2)21(24)17-8-5-6-9-19(17)22/h5-6,8-13H,3-4,7,14,24H2,1-2H3. The summed E-state index contributed by atoms with van der Waals surface area (Å²) in [6, 6.07) is 16.6. The van der Waals surface area contributed by atoms with Gasteiger partial charge < -0.3 is 4.57 Å². The highest BCUT2D eigenvalue weighted by atomic mass is 31.0. The van der Waals surface area contributed by atoms with Gasteiger partial charge in [0, 0.05) is 35.1 Å². The Hall–Kier alpha value is -1.92. The molecule has 0 fully saturated rings. The second kappa shape index (κ2) is 7.32. The van der Waals surface area contributed by atoms with E-state index in [4.69, 9.17) is 0 Å². The fraction of sp³-hybridized carbons (Fsp3) is 0.286. The average molecular weight is 337 g/mol. The van der Waals surface area contributed by atoms with E-state index < -0.39 is 0 Å². The van der Waals surface area contributed by atoms with Crippen molar-refractivity contribution in [3.63, 3.8) is 0 Å². The summed E-state index contributed by atoms with van der Waals surface area (Å²) in [6.45, 7) is 5.07. The highest BCUT2D eigenvalue weighted by molar-refractivity contribution is 7.28. The number of nitrogens with zero attached hydrogens (tertiary/aromatic N) is 1. The molecule has 0 bridgehead atoms. The first-order valence-corrected chi connectivity index (χ1v) is 9.21. The van der Waals surface area contributed by atoms with Crippen LogP contribution in [-0.2, 0) is 13.0 Å². The monoisotopic (exact) mass is 337 g/mol. The molecule has 0 aliphatic heterocycles. The summed E-state index contributed by atoms with van der Waals surface area (Å²) in [5.41, 5.74) is 4.67. The van der Waals surface area contributed by atoms with Crippen molar-refractivity contribution in [2.45, 2.75) is 39.7 Å². The summed E-state index contributed by atoms with van der Waals surface area (Å²) >= 11 is 0. The van der Waals surface area contributed by atoms with E-state index in [-0.39, 0.29) is 5.78 Å². The lowest BCUT2D eigenvalue weighted by Crippen LogP contribution is -2.08. The molecule has 124 valence electrons. The molecule has 2 nitrogen and oxygen atoms in total. The van der Waals surface area contributed by atoms with Gasteiger partial charge >= 0.3 is 0 Å². The van der Waals surface area contributed by atoms with Crippen LogP contribution in [0.3, 0.4) is 0 Å². The molecule has 24 heavy (non-hydrogen) atoms. The molecule has 0 spiro atoms. The summed E-state index contributed by atoms with van der Waals surface area (Å²) in [5.74, 6) is 0.233. The van der Waals surface area contributed by atoms with E-state index >= 15 is 0 Å². The summed E-state index contributed by atoms with van der Waals surface area (Å²) in [4.78, 5) is 12.0. The Balaban J connectivity index is 1.94. The molecule has 1 heterocycles. The van der Waals surface area contributed by atoms with Crippen molar-refractivity contribution in [3.8, 4) is 0 Å². The SMILES string of the molecule is CCCC(=O)c1ccc(Cn2c(CC)c(P)c3ccccc32)cc1. The number of hydrogen-bond donors (Lipinski definition) is 0. The van der Waals surface area contributed by atoms with Crippen molar-refractivity contribution in [2.24, 2.45) is 0 Å². The van der Waals surface area contributed by atoms with E-state index in [0.29, 0.717) is 6.42 Å². The minimum absolute atomic E-state index is 0.233. The van der Waals surface area contributed by atoms with Crippen LogP contribution in [-0.4, -0.2) is 10.4 Å². The molecule has 3 rings (SSSR count). The first-order valence-electron chi connectivity index (χ1n) is 8.63. The Bertz CT molecular complexity index is 861. The van der Waals surface area contributed by atoms with Crippen molar-refractivity contribution in [2.75, 3.05) is 0 Å². The number of hydrogen-bond acceptors (Lipinski definition) is 1. The summed E-state index contributed by atoms with van der Waals surface area (Å²) < 4.78 is 2.39. The lowest BCUT2D eigenvalue weighted by molar-refractivity contribution is 0.0981. The molecular weight excluding hydrogens is 313 g/mol. The molecule has 0 saturated carbocycles. The fourth-order valence-electron chi connectivity index (χ4n) is 3.29. The van der Waals surface area contributed by atoms with Gasteiger partial charge in [-0.1, -0.05) is 56.3 Å². The molecule has 1 unspecified atom stereocenters. The number of aromatic nitrogens is 1. The second-order valence-electron chi connectivity index (χ2n) is 6.19. The first kappa shape index (κ1) is 16.9. The van der Waals surface area contributed by atoms with Crippen LogP contribution in [0.4, 0.5) is 0 Å². The molecule has 1 atom stereocenters. The third-order valence-corrected chi connectivity index (χ3v) is 5.19. The van der Waals surface area contributed by atoms with Gasteiger partial charge in [0.05, 0.1) is 0 Å². The number of carbonyl (C=O) groups excluding carboxylic acids is 1. The van der Waals surface area contributed by atoms with Gasteiger partial charge in [0.2, 0.25) is 0 Å². The molecule has 0 radical (unpaired) electrons. The van der Waals surface area contributed by atoms with Crippen molar-refractivity contribution in [1.82, 2.24) is 4.57 Å². The van der Waals surface area contributed by atoms with Crippen LogP contribution in [0.15, 0.2) is 48.5 Å². The zero-order chi connectivity index (χ0) is 17.1. The maximum atomic E-state index is 12.0. The fourth-order valence-corrected chi connectivity index (χ4v) is 3.90. The normalized spacial score (nSPS) is 11.1. The maximum Gasteiger partial charge on any atom is 0.162 e. The molecule has 3 aromatic rings. The van der Waals surface area contributed by atoms with Crippen LogP contribution in [0.5, 0.6) is 0 Å². The van der Waals surface area contributed by atoms with Crippen molar-refractivity contribution in [1.29, 1.82) is 0 Å². The minimum Gasteiger partial charge on any atom is -0.340 e. The number of para-hydroxylation sites is 1. The summed E-state index contributed by atoms with van der Waals surface area (Å²) in [5, 5.41) is 2.59. The molecule has 1 aromatic heterocycles. The van der Waals surface area contributed by atoms with Crippen molar-refractivity contribution >= 4 is 31.2 Å². The zero-order valence-electron chi connectivity index (χ0n) is 14.4. The van der Waals surface area contributed by atoms with Gasteiger partial charge in [-0.15, -0.1) is 9.24 Å². The zero-order valence-corrected chi connectivity index (χ0v) is 15.5. The maximum absolute atomic E-state index is 12.0. The molecule has 2 aromatic carbocycles. The third-order valence-electron chi connectivity index (χ3n) is 4.55. The predicted octanol–water partition coefficient (Wildman–Crippen LogP) is 4.74. The molecule has 0 aliphatic carbocycles. The van der Waals surface area contributed by atoms with Gasteiger partial charge in [-0.2, -0.15) is 0 Å². The largest absolute Gasteiger partial charge is 0.340 e. The molecule has 0 N–H and O–H groups in total. The molecular formula is C21H24NOP. The van der Waals surface area contributed by atoms with E-state index in [1.54, 1.807) is 0 Å². The van der Waals surface area contributed by atoms with Gasteiger partial charge in [-0.3, -0.25) is 4.79 Å². The Kier molecular flexibility index (Phi) is 5.16. The number of rotatable bonds is 6. The van der Waals surface area contributed by atoms with E-state index in [1.165, 1.54) is 27.5 Å². The van der Waals surface area contributed by atoms with Gasteiger partial charge in [0.25, 0.3) is 0 Å². The van der Waals surface area contributed by atoms with Crippen LogP contribution in [0.2, 0.25) is 0 Å². The lowest BCUT2D eigenvalue weighted by Gasteiger charge is -2.11. The van der Waals surface area contributed by atoms with Crippen LogP contribution in [0, 0.1) is 0 Å². The highest BCUT2D eigenvalue weighted by Gasteiger charge is 2.13. The molecule has 3 heteroatoms. The Morgan fingerprint density at radius 2 is 1.75 bits per heavy atom. The van der Waals surface area contributed by atoms with E-state index in [1.807, 2.05) is 19.1 Å². The van der Waals surface area contributed by atoms with E-state index in [9.17, 15) is 4.79 Å². The smallest absolute Gasteiger partial charge is 0.162 e. The second-order valence-corrected chi connectivity index (χ2v) is 6.76. The van der Waals surface area contributed by atoms with Gasteiger partial charge in [0.1, 0.15) is 0 Å². The summed E-state index contributed by atoms with van der Waals surface area (Å²) in [7, 11) is 2.90. The quantitative estimate of drug-likeness (QED) is 0.470. The Morgan fingerprint density at radius 3 is 2.42 bits per heavy atom. The first-order chi connectivity index (χ1) is 11.7. The van der Waals surface area contributed by atoms with E-state index in [2.05, 4.69) is 57.1 Å². The van der Waals surface area contributed by atoms with Crippen molar-refractivity contribution < 1.29 is 4.79 Å².